The number of rotatable bonds is 4. The van der Waals surface area contributed by atoms with Gasteiger partial charge in [-0.25, -0.2) is 18.7 Å². The molecule has 2 aromatic carbocycles. The molecule has 0 saturated carbocycles. The van der Waals surface area contributed by atoms with Crippen LogP contribution in [-0.4, -0.2) is 49.8 Å². The maximum atomic E-state index is 13.4. The molecule has 0 aromatic heterocycles. The van der Waals surface area contributed by atoms with Gasteiger partial charge in [0.05, 0.1) is 0 Å². The number of benzene rings is 2. The second-order valence-electron chi connectivity index (χ2n) is 7.80. The summed E-state index contributed by atoms with van der Waals surface area (Å²) in [6.07, 6.45) is 2.30. The number of fused-ring (bicyclic) bond motifs is 1. The largest absolute Gasteiger partial charge is 0.340 e. The van der Waals surface area contributed by atoms with E-state index in [1.807, 2.05) is 16.9 Å². The summed E-state index contributed by atoms with van der Waals surface area (Å²) in [5.74, 6) is -0.313. The van der Waals surface area contributed by atoms with Crippen molar-refractivity contribution in [2.24, 2.45) is 0 Å². The molecule has 2 aromatic rings. The molecular weight excluding hydrogens is 449 g/mol. The summed E-state index contributed by atoms with van der Waals surface area (Å²) in [5.41, 5.74) is 4.28. The second kappa shape index (κ2) is 9.20. The average Bonchev–Trinajstić information content (AvgIpc) is 3.23. The quantitative estimate of drug-likeness (QED) is 0.634. The van der Waals surface area contributed by atoms with E-state index in [0.717, 1.165) is 22.3 Å². The van der Waals surface area contributed by atoms with Gasteiger partial charge in [-0.15, -0.1) is 0 Å². The van der Waals surface area contributed by atoms with Gasteiger partial charge in [0.2, 0.25) is 0 Å². The molecule has 174 valence electrons. The predicted molar refractivity (Wildman–Crippen MR) is 122 cm³/mol. The van der Waals surface area contributed by atoms with Crippen LogP contribution in [0.5, 0.6) is 0 Å². The molecule has 0 aliphatic carbocycles. The van der Waals surface area contributed by atoms with Gasteiger partial charge in [-0.3, -0.25) is 0 Å². The number of hydrogen-bond donors (Lipinski definition) is 3. The average molecular weight is 474 g/mol. The van der Waals surface area contributed by atoms with Crippen LogP contribution in [-0.2, 0) is 23.3 Å². The summed E-state index contributed by atoms with van der Waals surface area (Å²) in [4.78, 5) is 25.5. The Morgan fingerprint density at radius 3 is 2.42 bits per heavy atom. The van der Waals surface area contributed by atoms with Gasteiger partial charge in [-0.1, -0.05) is 24.3 Å². The van der Waals surface area contributed by atoms with Crippen LogP contribution >= 0.6 is 0 Å². The molecule has 4 rings (SSSR count). The number of anilines is 1. The Balaban J connectivity index is 1.35. The van der Waals surface area contributed by atoms with Crippen LogP contribution in [0.15, 0.2) is 48.5 Å². The third-order valence-electron chi connectivity index (χ3n) is 5.65. The summed E-state index contributed by atoms with van der Waals surface area (Å²) in [6, 6.07) is 10.8. The van der Waals surface area contributed by atoms with E-state index in [0.29, 0.717) is 25.2 Å². The number of nitrogens with zero attached hydrogens (tertiary/aromatic N) is 2. The van der Waals surface area contributed by atoms with Crippen LogP contribution in [0.3, 0.4) is 0 Å². The molecule has 0 atom stereocenters. The third kappa shape index (κ3) is 5.15. The van der Waals surface area contributed by atoms with Crippen molar-refractivity contribution < 1.29 is 22.4 Å². The van der Waals surface area contributed by atoms with Crippen molar-refractivity contribution >= 4 is 33.5 Å². The number of amides is 4. The molecule has 0 unspecified atom stereocenters. The molecule has 33 heavy (non-hydrogen) atoms. The minimum absolute atomic E-state index is 0.149. The molecule has 0 radical (unpaired) electrons. The Kier molecular flexibility index (Phi) is 6.34. The lowest BCUT2D eigenvalue weighted by Gasteiger charge is -2.25. The smallest absolute Gasteiger partial charge is 0.329 e. The summed E-state index contributed by atoms with van der Waals surface area (Å²) < 4.78 is 40.9. The molecule has 2 heterocycles. The molecule has 4 amide bonds. The molecule has 0 spiro atoms. The highest BCUT2D eigenvalue weighted by atomic mass is 32.2. The van der Waals surface area contributed by atoms with Crippen molar-refractivity contribution in [3.8, 4) is 0 Å². The van der Waals surface area contributed by atoms with E-state index in [4.69, 9.17) is 0 Å². The fourth-order valence-electron chi connectivity index (χ4n) is 3.84. The maximum Gasteiger partial charge on any atom is 0.329 e. The first-order chi connectivity index (χ1) is 15.7. The molecule has 0 saturated heterocycles. The molecular formula is C22H24FN5O4S. The van der Waals surface area contributed by atoms with Crippen LogP contribution in [0.2, 0.25) is 0 Å². The third-order valence-corrected chi connectivity index (χ3v) is 7.10. The zero-order chi connectivity index (χ0) is 23.6. The van der Waals surface area contributed by atoms with Crippen molar-refractivity contribution in [1.29, 1.82) is 0 Å². The first-order valence-electron chi connectivity index (χ1n) is 10.4. The molecule has 11 heteroatoms. The summed E-state index contributed by atoms with van der Waals surface area (Å²) in [5, 5.41) is 5.07. The first kappa shape index (κ1) is 22.7. The van der Waals surface area contributed by atoms with Crippen molar-refractivity contribution in [1.82, 2.24) is 19.2 Å². The lowest BCUT2D eigenvalue weighted by Crippen LogP contribution is -2.47. The first-order valence-corrected chi connectivity index (χ1v) is 11.8. The SMILES string of the molecule is CNC(=O)NS(=O)(=O)N1CC=C(c2ccc(NC(=O)N3Cc4ccc(F)cc4C3)cc2)CC1. The van der Waals surface area contributed by atoms with Crippen molar-refractivity contribution in [2.45, 2.75) is 19.5 Å². The summed E-state index contributed by atoms with van der Waals surface area (Å²) >= 11 is 0. The van der Waals surface area contributed by atoms with E-state index >= 15 is 0 Å². The molecule has 0 fully saturated rings. The van der Waals surface area contributed by atoms with Gasteiger partial charge in [0.25, 0.3) is 0 Å². The molecule has 0 bridgehead atoms. The van der Waals surface area contributed by atoms with Gasteiger partial charge in [0.1, 0.15) is 5.82 Å². The summed E-state index contributed by atoms with van der Waals surface area (Å²) in [7, 11) is -2.55. The van der Waals surface area contributed by atoms with Crippen LogP contribution < -0.4 is 15.4 Å². The minimum Gasteiger partial charge on any atom is -0.340 e. The zero-order valence-electron chi connectivity index (χ0n) is 18.0. The van der Waals surface area contributed by atoms with E-state index < -0.39 is 16.2 Å². The van der Waals surface area contributed by atoms with Crippen LogP contribution in [0.25, 0.3) is 5.57 Å². The summed E-state index contributed by atoms with van der Waals surface area (Å²) in [6.45, 7) is 1.18. The standard InChI is InChI=1S/C22H24FN5O4S/c1-24-21(29)26-33(31,32)28-10-8-16(9-11-28)15-3-6-20(7-4-15)25-22(30)27-13-17-2-5-19(23)12-18(17)14-27/h2-8,12H,9-11,13-14H2,1H3,(H,25,30)(H2,24,26,29). The van der Waals surface area contributed by atoms with Gasteiger partial charge in [0.15, 0.2) is 0 Å². The lowest BCUT2D eigenvalue weighted by atomic mass is 10.0. The van der Waals surface area contributed by atoms with Crippen molar-refractivity contribution in [2.75, 3.05) is 25.5 Å². The number of urea groups is 2. The number of carbonyl (C=O) groups is 2. The van der Waals surface area contributed by atoms with Gasteiger partial charge in [0, 0.05) is 38.9 Å². The highest BCUT2D eigenvalue weighted by Crippen LogP contribution is 2.26. The Morgan fingerprint density at radius 1 is 1.03 bits per heavy atom. The molecule has 3 N–H and O–H groups in total. The van der Waals surface area contributed by atoms with E-state index in [1.54, 1.807) is 29.2 Å². The fraction of sp³-hybridized carbons (Fsp3) is 0.273. The maximum absolute atomic E-state index is 13.4. The Morgan fingerprint density at radius 2 is 1.76 bits per heavy atom. The van der Waals surface area contributed by atoms with E-state index in [2.05, 4.69) is 10.6 Å². The Bertz CT molecular complexity index is 1210. The van der Waals surface area contributed by atoms with Gasteiger partial charge in [-0.05, 0) is 52.9 Å². The number of hydrogen-bond acceptors (Lipinski definition) is 4. The topological polar surface area (TPSA) is 111 Å². The van der Waals surface area contributed by atoms with Gasteiger partial charge < -0.3 is 15.5 Å². The zero-order valence-corrected chi connectivity index (χ0v) is 18.8. The fourth-order valence-corrected chi connectivity index (χ4v) is 4.91. The minimum atomic E-state index is -3.90. The van der Waals surface area contributed by atoms with Crippen LogP contribution in [0.4, 0.5) is 19.7 Å². The number of carbonyl (C=O) groups excluding carboxylic acids is 2. The van der Waals surface area contributed by atoms with Crippen LogP contribution in [0.1, 0.15) is 23.1 Å². The Labute approximate surface area is 191 Å². The van der Waals surface area contributed by atoms with Gasteiger partial charge in [-0.2, -0.15) is 12.7 Å². The molecule has 2 aliphatic heterocycles. The molecule has 9 nitrogen and oxygen atoms in total. The lowest BCUT2D eigenvalue weighted by molar-refractivity contribution is 0.212. The Hall–Kier alpha value is -3.44. The number of halogens is 1. The predicted octanol–water partition coefficient (Wildman–Crippen LogP) is 2.64. The normalized spacial score (nSPS) is 16.1. The monoisotopic (exact) mass is 473 g/mol. The van der Waals surface area contributed by atoms with Crippen molar-refractivity contribution in [3.63, 3.8) is 0 Å². The van der Waals surface area contributed by atoms with Crippen molar-refractivity contribution in [3.05, 3.63) is 71.0 Å². The number of nitrogens with one attached hydrogen (secondary N) is 3. The van der Waals surface area contributed by atoms with E-state index in [1.165, 1.54) is 23.5 Å². The highest BCUT2D eigenvalue weighted by molar-refractivity contribution is 7.87. The van der Waals surface area contributed by atoms with Gasteiger partial charge >= 0.3 is 22.3 Å². The van der Waals surface area contributed by atoms with E-state index in [-0.39, 0.29) is 24.9 Å². The van der Waals surface area contributed by atoms with Crippen LogP contribution in [0, 0.1) is 5.82 Å². The highest BCUT2D eigenvalue weighted by Gasteiger charge is 2.26. The van der Waals surface area contributed by atoms with E-state index in [9.17, 15) is 22.4 Å². The second-order valence-corrected chi connectivity index (χ2v) is 9.47. The molecule has 2 aliphatic rings.